The smallest absolute Gasteiger partial charge is 0.165 e. The largest absolute Gasteiger partial charge is 0.389 e. The second-order valence-electron chi connectivity index (χ2n) is 3.98. The maximum Gasteiger partial charge on any atom is 0.165 e. The van der Waals surface area contributed by atoms with E-state index in [1.54, 1.807) is 18.5 Å². The van der Waals surface area contributed by atoms with Crippen molar-refractivity contribution in [3.8, 4) is 0 Å². The van der Waals surface area contributed by atoms with Gasteiger partial charge in [-0.1, -0.05) is 0 Å². The molecule has 0 spiro atoms. The predicted molar refractivity (Wildman–Crippen MR) is 55.8 cm³/mol. The highest BCUT2D eigenvalue weighted by atomic mass is 16.3. The zero-order valence-electron chi connectivity index (χ0n) is 8.80. The van der Waals surface area contributed by atoms with Gasteiger partial charge in [-0.2, -0.15) is 0 Å². The molecule has 1 aromatic heterocycles. The highest BCUT2D eigenvalue weighted by Gasteiger charge is 2.44. The van der Waals surface area contributed by atoms with E-state index in [0.29, 0.717) is 12.2 Å². The van der Waals surface area contributed by atoms with Crippen molar-refractivity contribution < 1.29 is 5.11 Å². The molecule has 0 aromatic carbocycles. The molecule has 1 aliphatic heterocycles. The Morgan fingerprint density at radius 2 is 2.20 bits per heavy atom. The molecule has 3 N–H and O–H groups in total. The summed E-state index contributed by atoms with van der Waals surface area (Å²) in [5.41, 5.74) is 5.27. The van der Waals surface area contributed by atoms with E-state index in [2.05, 4.69) is 9.97 Å². The first-order valence-corrected chi connectivity index (χ1v) is 5.11. The van der Waals surface area contributed by atoms with E-state index in [4.69, 9.17) is 5.73 Å². The lowest BCUT2D eigenvalue weighted by Crippen LogP contribution is -2.62. The number of aromatic nitrogens is 2. The lowest BCUT2D eigenvalue weighted by molar-refractivity contribution is -0.0585. The summed E-state index contributed by atoms with van der Waals surface area (Å²) in [6, 6.07) is 1.74. The fraction of sp³-hybridized carbons (Fsp3) is 0.600. The van der Waals surface area contributed by atoms with Gasteiger partial charge < -0.3 is 10.8 Å². The molecule has 1 aliphatic rings. The van der Waals surface area contributed by atoms with E-state index >= 15 is 0 Å². The van der Waals surface area contributed by atoms with E-state index in [1.165, 1.54) is 0 Å². The summed E-state index contributed by atoms with van der Waals surface area (Å²) in [4.78, 5) is 10.2. The molecule has 0 aliphatic carbocycles. The van der Waals surface area contributed by atoms with Crippen molar-refractivity contribution in [2.45, 2.75) is 24.6 Å². The topological polar surface area (TPSA) is 75.3 Å². The normalized spacial score (nSPS) is 32.9. The van der Waals surface area contributed by atoms with Crippen molar-refractivity contribution in [1.29, 1.82) is 0 Å². The fourth-order valence-electron chi connectivity index (χ4n) is 2.01. The highest BCUT2D eigenvalue weighted by Crippen LogP contribution is 2.29. The molecule has 0 saturated carbocycles. The first-order chi connectivity index (χ1) is 7.15. The minimum atomic E-state index is -0.945. The number of aliphatic hydroxyl groups is 1. The zero-order valence-corrected chi connectivity index (χ0v) is 8.80. The Morgan fingerprint density at radius 3 is 2.80 bits per heavy atom. The van der Waals surface area contributed by atoms with Crippen molar-refractivity contribution in [2.24, 2.45) is 5.73 Å². The van der Waals surface area contributed by atoms with Crippen molar-refractivity contribution in [3.63, 3.8) is 0 Å². The lowest BCUT2D eigenvalue weighted by Gasteiger charge is -2.44. The minimum Gasteiger partial charge on any atom is -0.389 e. The standard InChI is InChI=1S/C10H16N4O/c1-14-7-2-4-8(15)10(14,11)9-12-5-3-6-13-9/h3,5-6,8,15H,2,4,7,11H2,1H3. The number of nitrogens with zero attached hydrogens (tertiary/aromatic N) is 3. The van der Waals surface area contributed by atoms with Crippen LogP contribution in [0.2, 0.25) is 0 Å². The second-order valence-corrected chi connectivity index (χ2v) is 3.98. The quantitative estimate of drug-likeness (QED) is 0.661. The number of rotatable bonds is 1. The molecule has 2 heterocycles. The molecule has 15 heavy (non-hydrogen) atoms. The van der Waals surface area contributed by atoms with Gasteiger partial charge >= 0.3 is 0 Å². The monoisotopic (exact) mass is 208 g/mol. The van der Waals surface area contributed by atoms with Crippen LogP contribution in [0.25, 0.3) is 0 Å². The van der Waals surface area contributed by atoms with Crippen LogP contribution in [0, 0.1) is 0 Å². The van der Waals surface area contributed by atoms with Crippen LogP contribution in [-0.4, -0.2) is 39.7 Å². The Hall–Kier alpha value is -1.04. The Kier molecular flexibility index (Phi) is 2.68. The van der Waals surface area contributed by atoms with Gasteiger partial charge in [0.25, 0.3) is 0 Å². The first kappa shape index (κ1) is 10.5. The summed E-state index contributed by atoms with van der Waals surface area (Å²) in [5.74, 6) is 0.486. The fourth-order valence-corrected chi connectivity index (χ4v) is 2.01. The van der Waals surface area contributed by atoms with E-state index in [1.807, 2.05) is 11.9 Å². The summed E-state index contributed by atoms with van der Waals surface area (Å²) in [5, 5.41) is 10.0. The van der Waals surface area contributed by atoms with Crippen molar-refractivity contribution in [3.05, 3.63) is 24.3 Å². The van der Waals surface area contributed by atoms with E-state index < -0.39 is 11.8 Å². The number of likely N-dealkylation sites (tertiary alicyclic amines) is 1. The van der Waals surface area contributed by atoms with Crippen LogP contribution < -0.4 is 5.73 Å². The molecular weight excluding hydrogens is 192 g/mol. The predicted octanol–water partition coefficient (Wildman–Crippen LogP) is -0.325. The molecule has 0 bridgehead atoms. The van der Waals surface area contributed by atoms with Gasteiger partial charge in [-0.3, -0.25) is 4.90 Å². The second kappa shape index (κ2) is 3.84. The van der Waals surface area contributed by atoms with Crippen LogP contribution >= 0.6 is 0 Å². The molecule has 0 radical (unpaired) electrons. The minimum absolute atomic E-state index is 0.486. The molecule has 1 fully saturated rings. The van der Waals surface area contributed by atoms with Gasteiger partial charge in [-0.25, -0.2) is 9.97 Å². The number of hydrogen-bond acceptors (Lipinski definition) is 5. The van der Waals surface area contributed by atoms with Gasteiger partial charge in [-0.15, -0.1) is 0 Å². The molecule has 5 nitrogen and oxygen atoms in total. The molecule has 1 aromatic rings. The lowest BCUT2D eigenvalue weighted by atomic mass is 9.92. The van der Waals surface area contributed by atoms with Gasteiger partial charge in [0.1, 0.15) is 0 Å². The Morgan fingerprint density at radius 1 is 1.53 bits per heavy atom. The van der Waals surface area contributed by atoms with Gasteiger partial charge in [0.2, 0.25) is 0 Å². The molecule has 2 atom stereocenters. The van der Waals surface area contributed by atoms with E-state index in [-0.39, 0.29) is 0 Å². The average molecular weight is 208 g/mol. The van der Waals surface area contributed by atoms with Gasteiger partial charge in [-0.05, 0) is 26.0 Å². The van der Waals surface area contributed by atoms with Crippen LogP contribution in [-0.2, 0) is 5.66 Å². The SMILES string of the molecule is CN1CCCC(O)C1(N)c1ncccn1. The van der Waals surface area contributed by atoms with Crippen LogP contribution in [0.5, 0.6) is 0 Å². The van der Waals surface area contributed by atoms with Crippen molar-refractivity contribution in [1.82, 2.24) is 14.9 Å². The Labute approximate surface area is 88.9 Å². The van der Waals surface area contributed by atoms with Gasteiger partial charge in [0.15, 0.2) is 11.5 Å². The maximum atomic E-state index is 10.0. The van der Waals surface area contributed by atoms with E-state index in [9.17, 15) is 5.11 Å². The van der Waals surface area contributed by atoms with Crippen LogP contribution in [0.15, 0.2) is 18.5 Å². The number of nitrogens with two attached hydrogens (primary N) is 1. The number of hydrogen-bond donors (Lipinski definition) is 2. The average Bonchev–Trinajstić information content (AvgIpc) is 2.27. The summed E-state index contributed by atoms with van der Waals surface area (Å²) < 4.78 is 0. The van der Waals surface area contributed by atoms with Gasteiger partial charge in [0.05, 0.1) is 6.10 Å². The molecule has 2 unspecified atom stereocenters. The number of piperidine rings is 1. The maximum absolute atomic E-state index is 10.0. The molecule has 1 saturated heterocycles. The number of aliphatic hydroxyl groups excluding tert-OH is 1. The van der Waals surface area contributed by atoms with E-state index in [0.717, 1.165) is 13.0 Å². The Balaban J connectivity index is 2.38. The molecule has 5 heteroatoms. The summed E-state index contributed by atoms with van der Waals surface area (Å²) in [7, 11) is 1.89. The highest BCUT2D eigenvalue weighted by molar-refractivity contribution is 5.09. The molecule has 2 rings (SSSR count). The zero-order chi connectivity index (χ0) is 10.9. The van der Waals surface area contributed by atoms with Crippen molar-refractivity contribution in [2.75, 3.05) is 13.6 Å². The third-order valence-corrected chi connectivity index (χ3v) is 3.03. The third-order valence-electron chi connectivity index (χ3n) is 3.03. The third kappa shape index (κ3) is 1.62. The number of likely N-dealkylation sites (N-methyl/N-ethyl adjacent to an activating group) is 1. The summed E-state index contributed by atoms with van der Waals surface area (Å²) >= 11 is 0. The van der Waals surface area contributed by atoms with Crippen molar-refractivity contribution >= 4 is 0 Å². The van der Waals surface area contributed by atoms with Crippen LogP contribution in [0.4, 0.5) is 0 Å². The van der Waals surface area contributed by atoms with Crippen LogP contribution in [0.1, 0.15) is 18.7 Å². The van der Waals surface area contributed by atoms with Crippen LogP contribution in [0.3, 0.4) is 0 Å². The molecule has 0 amide bonds. The first-order valence-electron chi connectivity index (χ1n) is 5.11. The summed E-state index contributed by atoms with van der Waals surface area (Å²) in [6.07, 6.45) is 4.32. The Bertz CT molecular complexity index is 319. The van der Waals surface area contributed by atoms with Gasteiger partial charge in [0, 0.05) is 18.9 Å². The summed E-state index contributed by atoms with van der Waals surface area (Å²) in [6.45, 7) is 0.853. The molecular formula is C10H16N4O. The molecule has 82 valence electrons.